The predicted octanol–water partition coefficient (Wildman–Crippen LogP) is 2.06. The molecule has 0 aromatic heterocycles. The lowest BCUT2D eigenvalue weighted by atomic mass is 9.84. The number of esters is 2. The number of hydrogen-bond acceptors (Lipinski definition) is 6. The predicted molar refractivity (Wildman–Crippen MR) is 96.0 cm³/mol. The van der Waals surface area contributed by atoms with Crippen molar-refractivity contribution in [2.75, 3.05) is 0 Å². The first-order valence-electron chi connectivity index (χ1n) is 8.97. The minimum atomic E-state index is -1.12. The molecule has 144 valence electrons. The van der Waals surface area contributed by atoms with Crippen LogP contribution in [0, 0.1) is 11.8 Å². The molecule has 0 spiro atoms. The molecule has 1 heterocycles. The molecule has 1 aliphatic heterocycles. The highest BCUT2D eigenvalue weighted by Crippen LogP contribution is 2.37. The van der Waals surface area contributed by atoms with Crippen LogP contribution in [0.2, 0.25) is 0 Å². The van der Waals surface area contributed by atoms with Crippen molar-refractivity contribution in [2.45, 2.75) is 65.0 Å². The highest BCUT2D eigenvalue weighted by atomic mass is 16.6. The minimum absolute atomic E-state index is 0.175. The molecule has 2 rings (SSSR count). The Labute approximate surface area is 154 Å². The zero-order valence-electron chi connectivity index (χ0n) is 15.8. The van der Waals surface area contributed by atoms with Gasteiger partial charge >= 0.3 is 11.9 Å². The summed E-state index contributed by atoms with van der Waals surface area (Å²) in [6.45, 7) is 10.9. The van der Waals surface area contributed by atoms with Crippen molar-refractivity contribution < 1.29 is 29.3 Å². The second kappa shape index (κ2) is 8.18. The lowest BCUT2D eigenvalue weighted by Crippen LogP contribution is -2.41. The van der Waals surface area contributed by atoms with Crippen LogP contribution in [0.4, 0.5) is 0 Å². The van der Waals surface area contributed by atoms with E-state index in [9.17, 15) is 19.8 Å². The summed E-state index contributed by atoms with van der Waals surface area (Å²) in [5.74, 6) is -1.96. The van der Waals surface area contributed by atoms with E-state index in [4.69, 9.17) is 9.47 Å². The van der Waals surface area contributed by atoms with E-state index in [0.29, 0.717) is 18.4 Å². The zero-order chi connectivity index (χ0) is 19.6. The van der Waals surface area contributed by atoms with Gasteiger partial charge in [-0.25, -0.2) is 4.79 Å². The van der Waals surface area contributed by atoms with Crippen LogP contribution < -0.4 is 0 Å². The van der Waals surface area contributed by atoms with Crippen LogP contribution in [0.25, 0.3) is 0 Å². The molecule has 0 aromatic carbocycles. The minimum Gasteiger partial charge on any atom is -0.457 e. The Morgan fingerprint density at radius 2 is 2.04 bits per heavy atom. The molecule has 26 heavy (non-hydrogen) atoms. The average molecular weight is 364 g/mol. The Morgan fingerprint density at radius 1 is 1.38 bits per heavy atom. The van der Waals surface area contributed by atoms with Crippen LogP contribution in [-0.4, -0.2) is 46.6 Å². The Bertz CT molecular complexity index is 647. The summed E-state index contributed by atoms with van der Waals surface area (Å²) in [5, 5.41) is 20.8. The first kappa shape index (κ1) is 20.4. The quantitative estimate of drug-likeness (QED) is 0.452. The van der Waals surface area contributed by atoms with E-state index in [1.807, 2.05) is 13.8 Å². The maximum absolute atomic E-state index is 12.4. The monoisotopic (exact) mass is 364 g/mol. The standard InChI is InChI=1S/C20H28O6/c1-6-11(3)19(23)25-15-8-10(2)7-14(21)9-12(4)17(22)18-16(15)13(5)20(24)26-18/h8-9,11,14-18,21-22H,5-7H2,1-4H3. The van der Waals surface area contributed by atoms with Crippen molar-refractivity contribution in [2.24, 2.45) is 11.8 Å². The lowest BCUT2D eigenvalue weighted by molar-refractivity contribution is -0.155. The molecule has 0 saturated carbocycles. The van der Waals surface area contributed by atoms with Crippen molar-refractivity contribution in [3.8, 4) is 0 Å². The summed E-state index contributed by atoms with van der Waals surface area (Å²) >= 11 is 0. The van der Waals surface area contributed by atoms with E-state index in [2.05, 4.69) is 6.58 Å². The Kier molecular flexibility index (Phi) is 6.42. The third-order valence-corrected chi connectivity index (χ3v) is 5.10. The number of fused-ring (bicyclic) bond motifs is 1. The van der Waals surface area contributed by atoms with Crippen molar-refractivity contribution in [3.63, 3.8) is 0 Å². The fraction of sp³-hybridized carbons (Fsp3) is 0.600. The number of aliphatic hydroxyl groups is 2. The number of aliphatic hydroxyl groups excluding tert-OH is 2. The van der Waals surface area contributed by atoms with Gasteiger partial charge in [0.15, 0.2) is 0 Å². The molecule has 0 amide bonds. The van der Waals surface area contributed by atoms with Gasteiger partial charge in [-0.2, -0.15) is 0 Å². The van der Waals surface area contributed by atoms with Crippen LogP contribution in [-0.2, 0) is 19.1 Å². The van der Waals surface area contributed by atoms with E-state index in [-0.39, 0.29) is 17.5 Å². The summed E-state index contributed by atoms with van der Waals surface area (Å²) in [7, 11) is 0. The van der Waals surface area contributed by atoms with Gasteiger partial charge in [-0.05, 0) is 38.3 Å². The molecular formula is C20H28O6. The molecule has 6 unspecified atom stereocenters. The van der Waals surface area contributed by atoms with E-state index in [1.165, 1.54) is 0 Å². The fourth-order valence-corrected chi connectivity index (χ4v) is 3.28. The van der Waals surface area contributed by atoms with Gasteiger partial charge in [-0.3, -0.25) is 4.79 Å². The van der Waals surface area contributed by atoms with Gasteiger partial charge in [0.25, 0.3) is 0 Å². The number of ether oxygens (including phenoxy) is 2. The van der Waals surface area contributed by atoms with Gasteiger partial charge in [-0.15, -0.1) is 0 Å². The summed E-state index contributed by atoms with van der Waals surface area (Å²) in [6.07, 6.45) is 0.610. The van der Waals surface area contributed by atoms with Crippen LogP contribution in [0.1, 0.15) is 40.5 Å². The zero-order valence-corrected chi connectivity index (χ0v) is 15.8. The van der Waals surface area contributed by atoms with Gasteiger partial charge in [-0.1, -0.05) is 32.1 Å². The molecule has 1 fully saturated rings. The second-order valence-electron chi connectivity index (χ2n) is 7.27. The van der Waals surface area contributed by atoms with Crippen LogP contribution in [0.15, 0.2) is 35.5 Å². The number of hydrogen-bond donors (Lipinski definition) is 2. The van der Waals surface area contributed by atoms with E-state index >= 15 is 0 Å². The third kappa shape index (κ3) is 4.24. The van der Waals surface area contributed by atoms with Gasteiger partial charge in [0.1, 0.15) is 18.3 Å². The fourth-order valence-electron chi connectivity index (χ4n) is 3.28. The summed E-state index contributed by atoms with van der Waals surface area (Å²) in [4.78, 5) is 24.5. The number of carbonyl (C=O) groups is 2. The highest BCUT2D eigenvalue weighted by Gasteiger charge is 2.48. The van der Waals surface area contributed by atoms with Crippen LogP contribution >= 0.6 is 0 Å². The SMILES string of the molecule is C=C1C(=O)OC2C(O)C(C)=CC(O)CC(C)=CC(OC(=O)C(C)CC)C12. The molecule has 6 heteroatoms. The van der Waals surface area contributed by atoms with E-state index in [0.717, 1.165) is 5.57 Å². The highest BCUT2D eigenvalue weighted by molar-refractivity contribution is 5.91. The molecule has 0 aromatic rings. The van der Waals surface area contributed by atoms with E-state index < -0.39 is 36.3 Å². The number of carbonyl (C=O) groups excluding carboxylic acids is 2. The first-order valence-corrected chi connectivity index (χ1v) is 8.97. The summed E-state index contributed by atoms with van der Waals surface area (Å²) < 4.78 is 11.0. The van der Waals surface area contributed by atoms with Crippen LogP contribution in [0.5, 0.6) is 0 Å². The van der Waals surface area contributed by atoms with Crippen LogP contribution in [0.3, 0.4) is 0 Å². The summed E-state index contributed by atoms with van der Waals surface area (Å²) in [6, 6.07) is 0. The van der Waals surface area contributed by atoms with Gasteiger partial charge in [0.2, 0.25) is 0 Å². The van der Waals surface area contributed by atoms with Crippen molar-refractivity contribution in [1.82, 2.24) is 0 Å². The smallest absolute Gasteiger partial charge is 0.334 e. The molecule has 0 bridgehead atoms. The normalized spacial score (nSPS) is 33.5. The molecule has 6 nitrogen and oxygen atoms in total. The molecule has 2 aliphatic rings. The van der Waals surface area contributed by atoms with Gasteiger partial charge in [0, 0.05) is 5.57 Å². The molecular weight excluding hydrogens is 336 g/mol. The van der Waals surface area contributed by atoms with Crippen molar-refractivity contribution in [1.29, 1.82) is 0 Å². The Balaban J connectivity index is 2.46. The molecule has 1 saturated heterocycles. The van der Waals surface area contributed by atoms with Crippen molar-refractivity contribution >= 4 is 11.9 Å². The number of rotatable bonds is 3. The molecule has 0 radical (unpaired) electrons. The van der Waals surface area contributed by atoms with Gasteiger partial charge in [0.05, 0.1) is 17.9 Å². The largest absolute Gasteiger partial charge is 0.457 e. The van der Waals surface area contributed by atoms with Crippen molar-refractivity contribution in [3.05, 3.63) is 35.5 Å². The maximum Gasteiger partial charge on any atom is 0.334 e. The molecule has 1 aliphatic carbocycles. The molecule has 6 atom stereocenters. The van der Waals surface area contributed by atoms with Gasteiger partial charge < -0.3 is 19.7 Å². The maximum atomic E-state index is 12.4. The molecule has 2 N–H and O–H groups in total. The summed E-state index contributed by atoms with van der Waals surface area (Å²) in [5.41, 5.74) is 1.48. The second-order valence-corrected chi connectivity index (χ2v) is 7.27. The topological polar surface area (TPSA) is 93.1 Å². The Hall–Kier alpha value is -1.92. The lowest BCUT2D eigenvalue weighted by Gasteiger charge is -2.30. The Morgan fingerprint density at radius 3 is 2.65 bits per heavy atom. The van der Waals surface area contributed by atoms with E-state index in [1.54, 1.807) is 26.0 Å². The first-order chi connectivity index (χ1) is 12.1. The average Bonchev–Trinajstić information content (AvgIpc) is 2.86. The third-order valence-electron chi connectivity index (χ3n) is 5.10.